The van der Waals surface area contributed by atoms with Gasteiger partial charge in [0.15, 0.2) is 0 Å². The van der Waals surface area contributed by atoms with Crippen LogP contribution in [0.5, 0.6) is 0 Å². The lowest BCUT2D eigenvalue weighted by Gasteiger charge is -2.32. The van der Waals surface area contributed by atoms with Crippen LogP contribution in [0.1, 0.15) is 25.3 Å². The average Bonchev–Trinajstić information content (AvgIpc) is 2.95. The Morgan fingerprint density at radius 2 is 2.32 bits per heavy atom. The molecule has 2 atom stereocenters. The molecule has 4 nitrogen and oxygen atoms in total. The molecule has 0 bridgehead atoms. The van der Waals surface area contributed by atoms with Gasteiger partial charge in [0, 0.05) is 25.8 Å². The number of carbonyl (C=O) groups excluding carboxylic acids is 2. The molecule has 1 aromatic rings. The van der Waals surface area contributed by atoms with E-state index in [1.54, 1.807) is 40.7 Å². The van der Waals surface area contributed by atoms with Crippen molar-refractivity contribution >= 4 is 23.6 Å². The molecule has 0 radical (unpaired) electrons. The number of carbonyl (C=O) groups is 2. The second-order valence-corrected chi connectivity index (χ2v) is 7.59. The van der Waals surface area contributed by atoms with Crippen molar-refractivity contribution in [2.24, 2.45) is 0 Å². The summed E-state index contributed by atoms with van der Waals surface area (Å²) in [6.45, 7) is 2.37. The van der Waals surface area contributed by atoms with Gasteiger partial charge in [0.2, 0.25) is 11.8 Å². The third-order valence-electron chi connectivity index (χ3n) is 4.41. The maximum atomic E-state index is 13.2. The summed E-state index contributed by atoms with van der Waals surface area (Å²) in [6, 6.07) is 5.84. The summed E-state index contributed by atoms with van der Waals surface area (Å²) in [7, 11) is 1.70. The SMILES string of the molecule is CN(Cc1cccc(F)c1)C(=O)[C@H]1CS[C@]2(C)CCC(=O)N12. The van der Waals surface area contributed by atoms with Crippen molar-refractivity contribution in [1.82, 2.24) is 9.80 Å². The summed E-state index contributed by atoms with van der Waals surface area (Å²) in [5, 5.41) is 0. The van der Waals surface area contributed by atoms with E-state index in [9.17, 15) is 14.0 Å². The first-order valence-corrected chi connectivity index (χ1v) is 8.35. The first-order chi connectivity index (χ1) is 10.4. The minimum Gasteiger partial charge on any atom is -0.340 e. The van der Waals surface area contributed by atoms with E-state index >= 15 is 0 Å². The number of benzene rings is 1. The van der Waals surface area contributed by atoms with E-state index in [-0.39, 0.29) is 22.5 Å². The topological polar surface area (TPSA) is 40.6 Å². The predicted octanol–water partition coefficient (Wildman–Crippen LogP) is 2.24. The molecule has 2 fully saturated rings. The van der Waals surface area contributed by atoms with Crippen molar-refractivity contribution in [3.05, 3.63) is 35.6 Å². The molecule has 2 heterocycles. The molecule has 0 unspecified atom stereocenters. The van der Waals surface area contributed by atoms with Gasteiger partial charge in [-0.15, -0.1) is 11.8 Å². The van der Waals surface area contributed by atoms with E-state index in [1.165, 1.54) is 12.1 Å². The van der Waals surface area contributed by atoms with Gasteiger partial charge in [0.25, 0.3) is 0 Å². The lowest BCUT2D eigenvalue weighted by molar-refractivity contribution is -0.143. The maximum Gasteiger partial charge on any atom is 0.246 e. The van der Waals surface area contributed by atoms with Crippen molar-refractivity contribution in [1.29, 1.82) is 0 Å². The van der Waals surface area contributed by atoms with Gasteiger partial charge in [-0.25, -0.2) is 4.39 Å². The van der Waals surface area contributed by atoms with Crippen LogP contribution in [0.2, 0.25) is 0 Å². The van der Waals surface area contributed by atoms with Gasteiger partial charge in [0.05, 0.1) is 4.87 Å². The normalized spacial score (nSPS) is 27.1. The van der Waals surface area contributed by atoms with Gasteiger partial charge in [-0.05, 0) is 31.0 Å². The Morgan fingerprint density at radius 1 is 1.55 bits per heavy atom. The highest BCUT2D eigenvalue weighted by Crippen LogP contribution is 2.47. The zero-order valence-electron chi connectivity index (χ0n) is 12.7. The number of amides is 2. The van der Waals surface area contributed by atoms with E-state index in [0.29, 0.717) is 18.7 Å². The highest BCUT2D eigenvalue weighted by molar-refractivity contribution is 8.01. The fourth-order valence-corrected chi connectivity index (χ4v) is 4.67. The molecule has 22 heavy (non-hydrogen) atoms. The first-order valence-electron chi connectivity index (χ1n) is 7.36. The molecule has 2 aliphatic heterocycles. The van der Waals surface area contributed by atoms with Gasteiger partial charge in [0.1, 0.15) is 11.9 Å². The monoisotopic (exact) mass is 322 g/mol. The molecule has 3 rings (SSSR count). The molecular weight excluding hydrogens is 303 g/mol. The number of halogens is 1. The van der Waals surface area contributed by atoms with Crippen LogP contribution in [-0.2, 0) is 16.1 Å². The molecule has 0 saturated carbocycles. The van der Waals surface area contributed by atoms with E-state index in [4.69, 9.17) is 0 Å². The number of fused-ring (bicyclic) bond motifs is 1. The third kappa shape index (κ3) is 2.60. The second-order valence-electron chi connectivity index (χ2n) is 6.09. The average molecular weight is 322 g/mol. The molecule has 2 aliphatic rings. The molecule has 1 aromatic carbocycles. The first kappa shape index (κ1) is 15.3. The Bertz CT molecular complexity index is 624. The number of rotatable bonds is 3. The highest BCUT2D eigenvalue weighted by Gasteiger charge is 2.53. The van der Waals surface area contributed by atoms with Crippen LogP contribution in [0.3, 0.4) is 0 Å². The molecule has 0 spiro atoms. The van der Waals surface area contributed by atoms with Crippen LogP contribution in [0.15, 0.2) is 24.3 Å². The summed E-state index contributed by atoms with van der Waals surface area (Å²) in [4.78, 5) is 27.9. The number of nitrogens with zero attached hydrogens (tertiary/aromatic N) is 2. The number of thioether (sulfide) groups is 1. The van der Waals surface area contributed by atoms with Crippen LogP contribution < -0.4 is 0 Å². The van der Waals surface area contributed by atoms with Gasteiger partial charge in [-0.3, -0.25) is 9.59 Å². The lowest BCUT2D eigenvalue weighted by atomic mass is 10.1. The molecule has 0 N–H and O–H groups in total. The predicted molar refractivity (Wildman–Crippen MR) is 83.6 cm³/mol. The zero-order chi connectivity index (χ0) is 15.9. The van der Waals surface area contributed by atoms with Crippen LogP contribution in [0.25, 0.3) is 0 Å². The standard InChI is InChI=1S/C16H19FN2O2S/c1-16-7-6-14(20)19(16)13(10-22-16)15(21)18(2)9-11-4-3-5-12(17)8-11/h3-5,8,13H,6-7,9-10H2,1-2H3/t13-,16-/m1/s1. The number of likely N-dealkylation sites (N-methyl/N-ethyl adjacent to an activating group) is 1. The Morgan fingerprint density at radius 3 is 3.05 bits per heavy atom. The van der Waals surface area contributed by atoms with Crippen molar-refractivity contribution < 1.29 is 14.0 Å². The largest absolute Gasteiger partial charge is 0.340 e. The van der Waals surface area contributed by atoms with E-state index < -0.39 is 6.04 Å². The van der Waals surface area contributed by atoms with Crippen LogP contribution in [-0.4, -0.2) is 45.3 Å². The summed E-state index contributed by atoms with van der Waals surface area (Å²) in [5.41, 5.74) is 0.747. The molecule has 6 heteroatoms. The smallest absolute Gasteiger partial charge is 0.246 e. The molecule has 2 saturated heterocycles. The van der Waals surface area contributed by atoms with Crippen LogP contribution in [0.4, 0.5) is 4.39 Å². The van der Waals surface area contributed by atoms with Gasteiger partial charge >= 0.3 is 0 Å². The van der Waals surface area contributed by atoms with Crippen molar-refractivity contribution in [3.63, 3.8) is 0 Å². The van der Waals surface area contributed by atoms with Crippen molar-refractivity contribution in [3.8, 4) is 0 Å². The lowest BCUT2D eigenvalue weighted by Crippen LogP contribution is -2.50. The zero-order valence-corrected chi connectivity index (χ0v) is 13.5. The minimum atomic E-state index is -0.399. The number of hydrogen-bond donors (Lipinski definition) is 0. The van der Waals surface area contributed by atoms with Gasteiger partial charge in [-0.2, -0.15) is 0 Å². The van der Waals surface area contributed by atoms with Crippen molar-refractivity contribution in [2.45, 2.75) is 37.2 Å². The van der Waals surface area contributed by atoms with Crippen molar-refractivity contribution in [2.75, 3.05) is 12.8 Å². The molecular formula is C16H19FN2O2S. The molecule has 0 aromatic heterocycles. The third-order valence-corrected chi connectivity index (χ3v) is 5.92. The molecule has 0 aliphatic carbocycles. The fourth-order valence-electron chi connectivity index (χ4n) is 3.24. The number of hydrogen-bond acceptors (Lipinski definition) is 3. The summed E-state index contributed by atoms with van der Waals surface area (Å²) < 4.78 is 13.2. The summed E-state index contributed by atoms with van der Waals surface area (Å²) in [6.07, 6.45) is 1.31. The fraction of sp³-hybridized carbons (Fsp3) is 0.500. The van der Waals surface area contributed by atoms with E-state index in [0.717, 1.165) is 12.0 Å². The van der Waals surface area contributed by atoms with Gasteiger partial charge in [-0.1, -0.05) is 12.1 Å². The van der Waals surface area contributed by atoms with E-state index in [1.807, 2.05) is 6.92 Å². The maximum absolute atomic E-state index is 13.2. The van der Waals surface area contributed by atoms with E-state index in [2.05, 4.69) is 0 Å². The summed E-state index contributed by atoms with van der Waals surface area (Å²) in [5.74, 6) is 0.312. The quantitative estimate of drug-likeness (QED) is 0.857. The Kier molecular flexibility index (Phi) is 3.89. The molecule has 2 amide bonds. The minimum absolute atomic E-state index is 0.0602. The van der Waals surface area contributed by atoms with Crippen LogP contribution >= 0.6 is 11.8 Å². The second kappa shape index (κ2) is 5.57. The highest BCUT2D eigenvalue weighted by atomic mass is 32.2. The molecule has 118 valence electrons. The van der Waals surface area contributed by atoms with Crippen LogP contribution in [0, 0.1) is 5.82 Å². The Hall–Kier alpha value is -1.56. The van der Waals surface area contributed by atoms with Gasteiger partial charge < -0.3 is 9.80 Å². The Labute approximate surface area is 133 Å². The Balaban J connectivity index is 1.72. The summed E-state index contributed by atoms with van der Waals surface area (Å²) >= 11 is 1.68.